The molecule has 1 atom stereocenters. The molecule has 0 heterocycles. The average molecular weight is 205 g/mol. The molecule has 4 heteroatoms. The molecule has 0 aromatic rings. The molecule has 0 aromatic carbocycles. The summed E-state index contributed by atoms with van der Waals surface area (Å²) in [4.78, 5) is 0. The maximum absolute atomic E-state index is 5.70. The normalized spacial score (nSPS) is 14.5. The Morgan fingerprint density at radius 2 is 1.69 bits per heavy atom. The third kappa shape index (κ3) is 6.21. The van der Waals surface area contributed by atoms with Crippen LogP contribution < -0.4 is 5.73 Å². The predicted molar refractivity (Wildman–Crippen MR) is 57.9 cm³/mol. The second-order valence-electron chi connectivity index (χ2n) is 3.52. The minimum absolute atomic E-state index is 0.243. The number of rotatable bonds is 7. The van der Waals surface area contributed by atoms with Crippen molar-refractivity contribution in [3.05, 3.63) is 0 Å². The average Bonchev–Trinajstić information content (AvgIpc) is 2.02. The summed E-state index contributed by atoms with van der Waals surface area (Å²) in [6, 6.07) is 1.24. The van der Waals surface area contributed by atoms with Crippen molar-refractivity contribution in [3.63, 3.8) is 0 Å². The molecule has 1 unspecified atom stereocenters. The van der Waals surface area contributed by atoms with Crippen LogP contribution in [0.1, 0.15) is 27.2 Å². The van der Waals surface area contributed by atoms with Crippen molar-refractivity contribution in [2.24, 2.45) is 5.73 Å². The molecule has 0 saturated carbocycles. The highest BCUT2D eigenvalue weighted by atomic mass is 28.4. The lowest BCUT2D eigenvalue weighted by Crippen LogP contribution is -2.39. The molecule has 0 aliphatic heterocycles. The summed E-state index contributed by atoms with van der Waals surface area (Å²) in [5.41, 5.74) is 5.70. The van der Waals surface area contributed by atoms with Crippen LogP contribution in [0.2, 0.25) is 12.6 Å². The first-order valence-electron chi connectivity index (χ1n) is 5.07. The van der Waals surface area contributed by atoms with E-state index in [4.69, 9.17) is 14.6 Å². The van der Waals surface area contributed by atoms with Crippen molar-refractivity contribution in [2.45, 2.75) is 45.8 Å². The van der Waals surface area contributed by atoms with E-state index >= 15 is 0 Å². The zero-order valence-corrected chi connectivity index (χ0v) is 10.3. The number of nitrogens with two attached hydrogens (primary N) is 1. The molecule has 80 valence electrons. The summed E-state index contributed by atoms with van der Waals surface area (Å²) < 4.78 is 11.4. The van der Waals surface area contributed by atoms with Crippen LogP contribution >= 0.6 is 0 Å². The van der Waals surface area contributed by atoms with Crippen molar-refractivity contribution in [3.8, 4) is 0 Å². The predicted octanol–water partition coefficient (Wildman–Crippen LogP) is 1.87. The van der Waals surface area contributed by atoms with Crippen LogP contribution in [0.4, 0.5) is 0 Å². The fourth-order valence-corrected chi connectivity index (χ4v) is 3.86. The molecule has 0 aliphatic rings. The maximum atomic E-state index is 5.70. The van der Waals surface area contributed by atoms with Crippen LogP contribution in [0, 0.1) is 0 Å². The first-order valence-corrected chi connectivity index (χ1v) is 7.60. The third-order valence-corrected chi connectivity index (χ3v) is 4.95. The highest BCUT2D eigenvalue weighted by Gasteiger charge is 2.30. The molecule has 0 spiro atoms. The van der Waals surface area contributed by atoms with Crippen LogP contribution in [0.25, 0.3) is 0 Å². The van der Waals surface area contributed by atoms with E-state index < -0.39 is 8.56 Å². The van der Waals surface area contributed by atoms with Crippen molar-refractivity contribution in [1.82, 2.24) is 0 Å². The Bertz CT molecular complexity index is 125. The zero-order valence-electron chi connectivity index (χ0n) is 9.30. The molecule has 0 aromatic heterocycles. The maximum Gasteiger partial charge on any atom is 0.334 e. The van der Waals surface area contributed by atoms with Crippen LogP contribution in [0.3, 0.4) is 0 Å². The van der Waals surface area contributed by atoms with Crippen molar-refractivity contribution in [1.29, 1.82) is 0 Å². The van der Waals surface area contributed by atoms with Gasteiger partial charge in [-0.25, -0.2) is 0 Å². The first kappa shape index (κ1) is 13.1. The topological polar surface area (TPSA) is 44.5 Å². The molecule has 3 nitrogen and oxygen atoms in total. The largest absolute Gasteiger partial charge is 0.395 e. The minimum Gasteiger partial charge on any atom is -0.395 e. The third-order valence-electron chi connectivity index (χ3n) is 1.95. The van der Waals surface area contributed by atoms with E-state index in [2.05, 4.69) is 6.55 Å². The van der Waals surface area contributed by atoms with Crippen LogP contribution in [-0.2, 0) is 8.85 Å². The first-order chi connectivity index (χ1) is 6.04. The van der Waals surface area contributed by atoms with Gasteiger partial charge < -0.3 is 14.6 Å². The van der Waals surface area contributed by atoms with Crippen molar-refractivity contribution >= 4 is 8.56 Å². The van der Waals surface area contributed by atoms with Gasteiger partial charge in [0.2, 0.25) is 0 Å². The van der Waals surface area contributed by atoms with Gasteiger partial charge in [-0.1, -0.05) is 0 Å². The van der Waals surface area contributed by atoms with Gasteiger partial charge in [0.15, 0.2) is 0 Å². The smallest absolute Gasteiger partial charge is 0.334 e. The molecule has 0 rings (SSSR count). The van der Waals surface area contributed by atoms with E-state index in [1.54, 1.807) is 0 Å². The second kappa shape index (κ2) is 6.54. The van der Waals surface area contributed by atoms with Gasteiger partial charge in [0.25, 0.3) is 0 Å². The van der Waals surface area contributed by atoms with Gasteiger partial charge in [0.1, 0.15) is 0 Å². The molecule has 0 radical (unpaired) electrons. The molecular weight excluding hydrogens is 182 g/mol. The fourth-order valence-electron chi connectivity index (χ4n) is 1.29. The van der Waals surface area contributed by atoms with Crippen molar-refractivity contribution in [2.75, 3.05) is 13.2 Å². The quantitative estimate of drug-likeness (QED) is 0.645. The molecule has 13 heavy (non-hydrogen) atoms. The van der Waals surface area contributed by atoms with Gasteiger partial charge in [-0.2, -0.15) is 0 Å². The van der Waals surface area contributed by atoms with E-state index in [0.717, 1.165) is 25.7 Å². The van der Waals surface area contributed by atoms with Crippen LogP contribution in [0.5, 0.6) is 0 Å². The Morgan fingerprint density at radius 1 is 1.23 bits per heavy atom. The lowest BCUT2D eigenvalue weighted by Gasteiger charge is -2.26. The second-order valence-corrected chi connectivity index (χ2v) is 6.86. The Kier molecular flexibility index (Phi) is 6.58. The fraction of sp³-hybridized carbons (Fsp3) is 1.00. The van der Waals surface area contributed by atoms with Gasteiger partial charge in [-0.15, -0.1) is 0 Å². The summed E-state index contributed by atoms with van der Waals surface area (Å²) in [5.74, 6) is 0. The van der Waals surface area contributed by atoms with E-state index in [1.165, 1.54) is 0 Å². The Hall–Kier alpha value is 0.0969. The van der Waals surface area contributed by atoms with Gasteiger partial charge in [0, 0.05) is 19.3 Å². The van der Waals surface area contributed by atoms with Gasteiger partial charge in [-0.05, 0) is 39.8 Å². The highest BCUT2D eigenvalue weighted by Crippen LogP contribution is 2.16. The number of hydrogen-bond donors (Lipinski definition) is 1. The van der Waals surface area contributed by atoms with Crippen LogP contribution in [-0.4, -0.2) is 27.8 Å². The zero-order chi connectivity index (χ0) is 10.3. The molecule has 2 N–H and O–H groups in total. The molecule has 0 bridgehead atoms. The molecular formula is C9H23NO2Si. The Morgan fingerprint density at radius 3 is 2.00 bits per heavy atom. The van der Waals surface area contributed by atoms with Crippen molar-refractivity contribution < 1.29 is 8.85 Å². The summed E-state index contributed by atoms with van der Waals surface area (Å²) in [6.07, 6.45) is 0.989. The standard InChI is InChI=1S/C9H23NO2Si/c1-5-11-13(4,12-6-2)8-7-9(3)10/h9H,5-8,10H2,1-4H3. The van der Waals surface area contributed by atoms with Crippen LogP contribution in [0.15, 0.2) is 0 Å². The highest BCUT2D eigenvalue weighted by molar-refractivity contribution is 6.66. The summed E-state index contributed by atoms with van der Waals surface area (Å²) >= 11 is 0. The molecule has 0 amide bonds. The Balaban J connectivity index is 3.91. The number of hydrogen-bond acceptors (Lipinski definition) is 3. The van der Waals surface area contributed by atoms with Gasteiger partial charge >= 0.3 is 8.56 Å². The lowest BCUT2D eigenvalue weighted by atomic mass is 10.3. The minimum atomic E-state index is -1.89. The van der Waals surface area contributed by atoms with E-state index in [-0.39, 0.29) is 6.04 Å². The van der Waals surface area contributed by atoms with E-state index in [9.17, 15) is 0 Å². The summed E-state index contributed by atoms with van der Waals surface area (Å²) in [5, 5.41) is 0. The molecule has 0 saturated heterocycles. The molecule has 0 fully saturated rings. The monoisotopic (exact) mass is 205 g/mol. The molecule has 0 aliphatic carbocycles. The lowest BCUT2D eigenvalue weighted by molar-refractivity contribution is 0.187. The van der Waals surface area contributed by atoms with Gasteiger partial charge in [0.05, 0.1) is 0 Å². The van der Waals surface area contributed by atoms with Gasteiger partial charge in [-0.3, -0.25) is 0 Å². The van der Waals surface area contributed by atoms with E-state index in [0.29, 0.717) is 0 Å². The SMILES string of the molecule is CCO[Si](C)(CCC(C)N)OCC. The summed E-state index contributed by atoms with van der Waals surface area (Å²) in [7, 11) is -1.89. The summed E-state index contributed by atoms with van der Waals surface area (Å²) in [6.45, 7) is 9.63. The van der Waals surface area contributed by atoms with E-state index in [1.807, 2.05) is 20.8 Å². The Labute approximate surface area is 82.9 Å².